The molecule has 1 fully saturated rings. The normalized spacial score (nSPS) is 15.1. The molecule has 0 heterocycles. The molecule has 1 aliphatic carbocycles. The number of carbonyl (C=O) groups is 1. The first-order chi connectivity index (χ1) is 7.20. The Hall–Kier alpha value is -0.650. The number of hydrogen-bond donors (Lipinski definition) is 1. The summed E-state index contributed by atoms with van der Waals surface area (Å²) in [4.78, 5) is 11.1. The molecule has 4 heteroatoms. The molecule has 15 heavy (non-hydrogen) atoms. The molecule has 0 radical (unpaired) electrons. The molecule has 1 aliphatic rings. The van der Waals surface area contributed by atoms with E-state index in [1.165, 1.54) is 6.07 Å². The van der Waals surface area contributed by atoms with E-state index in [9.17, 15) is 9.18 Å². The van der Waals surface area contributed by atoms with E-state index in [0.29, 0.717) is 10.3 Å². The molecule has 0 aliphatic heterocycles. The molecule has 0 atom stereocenters. The summed E-state index contributed by atoms with van der Waals surface area (Å²) in [6, 6.07) is 5.07. The average molecular weight is 319 g/mol. The van der Waals surface area contributed by atoms with E-state index in [1.54, 1.807) is 6.07 Å². The smallest absolute Gasteiger partial charge is 0.234 e. The van der Waals surface area contributed by atoms with Gasteiger partial charge in [-0.15, -0.1) is 0 Å². The van der Waals surface area contributed by atoms with Gasteiger partial charge in [-0.1, -0.05) is 28.7 Å². The van der Waals surface area contributed by atoms with Crippen molar-refractivity contribution < 1.29 is 9.18 Å². The summed E-state index contributed by atoms with van der Waals surface area (Å²) in [5.41, 5.74) is 1.32. The van der Waals surface area contributed by atoms with Gasteiger partial charge in [0.15, 0.2) is 0 Å². The van der Waals surface area contributed by atoms with Gasteiger partial charge in [-0.25, -0.2) is 4.39 Å². The van der Waals surface area contributed by atoms with Crippen molar-refractivity contribution in [2.75, 3.05) is 9.74 Å². The Bertz CT molecular complexity index is 390. The summed E-state index contributed by atoms with van der Waals surface area (Å²) in [6.07, 6.45) is 2.30. The SMILES string of the molecule is O=C(CI)Nc1ccc(C2CC2)cc1F. The Balaban J connectivity index is 2.14. The molecule has 2 rings (SSSR count). The van der Waals surface area contributed by atoms with E-state index in [1.807, 2.05) is 28.7 Å². The van der Waals surface area contributed by atoms with Gasteiger partial charge >= 0.3 is 0 Å². The minimum absolute atomic E-state index is 0.173. The van der Waals surface area contributed by atoms with Crippen LogP contribution in [0.4, 0.5) is 10.1 Å². The minimum Gasteiger partial charge on any atom is -0.323 e. The van der Waals surface area contributed by atoms with Crippen LogP contribution in [-0.4, -0.2) is 10.3 Å². The first-order valence-electron chi connectivity index (χ1n) is 4.86. The average Bonchev–Trinajstić information content (AvgIpc) is 3.04. The van der Waals surface area contributed by atoms with Crippen molar-refractivity contribution in [1.29, 1.82) is 0 Å². The van der Waals surface area contributed by atoms with E-state index < -0.39 is 0 Å². The number of rotatable bonds is 3. The standard InChI is InChI=1S/C11H11FINO/c12-9-5-8(7-1-2-7)3-4-10(9)14-11(15)6-13/h3-5,7H,1-2,6H2,(H,14,15). The maximum absolute atomic E-state index is 13.5. The molecule has 0 spiro atoms. The predicted octanol–water partition coefficient (Wildman–Crippen LogP) is 3.08. The van der Waals surface area contributed by atoms with Crippen LogP contribution in [0.5, 0.6) is 0 Å². The van der Waals surface area contributed by atoms with Gasteiger partial charge in [0.25, 0.3) is 0 Å². The molecule has 1 amide bonds. The fraction of sp³-hybridized carbons (Fsp3) is 0.364. The highest BCUT2D eigenvalue weighted by molar-refractivity contribution is 14.1. The Labute approximate surface area is 101 Å². The van der Waals surface area contributed by atoms with E-state index >= 15 is 0 Å². The Morgan fingerprint density at radius 3 is 2.80 bits per heavy atom. The minimum atomic E-state index is -0.336. The summed E-state index contributed by atoms with van der Waals surface area (Å²) >= 11 is 1.94. The van der Waals surface area contributed by atoms with Crippen LogP contribution in [-0.2, 0) is 4.79 Å². The van der Waals surface area contributed by atoms with Crippen molar-refractivity contribution in [2.24, 2.45) is 0 Å². The third-order valence-corrected chi connectivity index (χ3v) is 3.13. The Kier molecular flexibility index (Phi) is 3.23. The molecule has 1 N–H and O–H groups in total. The van der Waals surface area contributed by atoms with Crippen LogP contribution in [0.3, 0.4) is 0 Å². The second kappa shape index (κ2) is 4.47. The Morgan fingerprint density at radius 1 is 1.53 bits per heavy atom. The molecule has 0 unspecified atom stereocenters. The highest BCUT2D eigenvalue weighted by atomic mass is 127. The summed E-state index contributed by atoms with van der Waals surface area (Å²) in [6.45, 7) is 0. The van der Waals surface area contributed by atoms with Crippen LogP contribution in [0.25, 0.3) is 0 Å². The summed E-state index contributed by atoms with van der Waals surface area (Å²) in [7, 11) is 0. The fourth-order valence-corrected chi connectivity index (χ4v) is 1.68. The van der Waals surface area contributed by atoms with Crippen molar-refractivity contribution in [2.45, 2.75) is 18.8 Å². The van der Waals surface area contributed by atoms with Gasteiger partial charge in [0, 0.05) is 0 Å². The second-order valence-corrected chi connectivity index (χ2v) is 4.46. The number of anilines is 1. The second-order valence-electron chi connectivity index (χ2n) is 3.70. The third-order valence-electron chi connectivity index (χ3n) is 2.44. The molecular formula is C11H11FINO. The lowest BCUT2D eigenvalue weighted by Crippen LogP contribution is -2.13. The Morgan fingerprint density at radius 2 is 2.27 bits per heavy atom. The van der Waals surface area contributed by atoms with Gasteiger partial charge in [-0.2, -0.15) is 0 Å². The summed E-state index contributed by atoms with van der Waals surface area (Å²) in [5.74, 6) is 0.0279. The molecule has 80 valence electrons. The lowest BCUT2D eigenvalue weighted by atomic mass is 10.1. The molecular weight excluding hydrogens is 308 g/mol. The van der Waals surface area contributed by atoms with Crippen LogP contribution in [0.1, 0.15) is 24.3 Å². The quantitative estimate of drug-likeness (QED) is 0.673. The van der Waals surface area contributed by atoms with Crippen molar-refractivity contribution in [3.63, 3.8) is 0 Å². The number of carbonyl (C=O) groups excluding carboxylic acids is 1. The number of alkyl halides is 1. The van der Waals surface area contributed by atoms with Crippen LogP contribution < -0.4 is 5.32 Å². The molecule has 1 aromatic carbocycles. The van der Waals surface area contributed by atoms with Crippen molar-refractivity contribution in [3.8, 4) is 0 Å². The van der Waals surface area contributed by atoms with Gasteiger partial charge < -0.3 is 5.32 Å². The molecule has 0 aromatic heterocycles. The number of amides is 1. The number of hydrogen-bond acceptors (Lipinski definition) is 1. The van der Waals surface area contributed by atoms with Gasteiger partial charge in [-0.3, -0.25) is 4.79 Å². The van der Waals surface area contributed by atoms with E-state index in [0.717, 1.165) is 18.4 Å². The molecule has 0 saturated heterocycles. The van der Waals surface area contributed by atoms with E-state index in [2.05, 4.69) is 5.32 Å². The van der Waals surface area contributed by atoms with Gasteiger partial charge in [-0.05, 0) is 36.5 Å². The lowest BCUT2D eigenvalue weighted by Gasteiger charge is -2.06. The summed E-state index contributed by atoms with van der Waals surface area (Å²) in [5, 5.41) is 2.52. The monoisotopic (exact) mass is 319 g/mol. The van der Waals surface area contributed by atoms with E-state index in [4.69, 9.17) is 0 Å². The zero-order valence-corrected chi connectivity index (χ0v) is 10.3. The predicted molar refractivity (Wildman–Crippen MR) is 65.9 cm³/mol. The number of nitrogens with one attached hydrogen (secondary N) is 1. The van der Waals surface area contributed by atoms with Crippen LogP contribution in [0, 0.1) is 5.82 Å². The van der Waals surface area contributed by atoms with Crippen molar-refractivity contribution >= 4 is 34.2 Å². The zero-order valence-electron chi connectivity index (χ0n) is 8.09. The number of halogens is 2. The van der Waals surface area contributed by atoms with Crippen LogP contribution in [0.2, 0.25) is 0 Å². The first-order valence-corrected chi connectivity index (χ1v) is 6.38. The molecule has 2 nitrogen and oxygen atoms in total. The van der Waals surface area contributed by atoms with Crippen LogP contribution >= 0.6 is 22.6 Å². The molecule has 1 aromatic rings. The van der Waals surface area contributed by atoms with Gasteiger partial charge in [0.2, 0.25) is 5.91 Å². The maximum atomic E-state index is 13.5. The van der Waals surface area contributed by atoms with Gasteiger partial charge in [0.05, 0.1) is 10.1 Å². The first kappa shape index (κ1) is 10.9. The largest absolute Gasteiger partial charge is 0.323 e. The fourth-order valence-electron chi connectivity index (χ4n) is 1.49. The van der Waals surface area contributed by atoms with Gasteiger partial charge in [0.1, 0.15) is 5.82 Å². The molecule has 0 bridgehead atoms. The topological polar surface area (TPSA) is 29.1 Å². The summed E-state index contributed by atoms with van der Waals surface area (Å²) < 4.78 is 13.9. The van der Waals surface area contributed by atoms with E-state index in [-0.39, 0.29) is 17.4 Å². The highest BCUT2D eigenvalue weighted by Crippen LogP contribution is 2.40. The number of benzene rings is 1. The zero-order chi connectivity index (χ0) is 10.8. The highest BCUT2D eigenvalue weighted by Gasteiger charge is 2.24. The third kappa shape index (κ3) is 2.68. The maximum Gasteiger partial charge on any atom is 0.234 e. The van der Waals surface area contributed by atoms with Crippen molar-refractivity contribution in [3.05, 3.63) is 29.6 Å². The van der Waals surface area contributed by atoms with Crippen LogP contribution in [0.15, 0.2) is 18.2 Å². The lowest BCUT2D eigenvalue weighted by molar-refractivity contribution is -0.113. The molecule has 1 saturated carbocycles. The van der Waals surface area contributed by atoms with Crippen molar-refractivity contribution in [1.82, 2.24) is 0 Å².